The molecule has 0 aliphatic carbocycles. The first-order chi connectivity index (χ1) is 9.11. The van der Waals surface area contributed by atoms with E-state index in [1.54, 1.807) is 6.92 Å². The molecule has 2 N–H and O–H groups in total. The topological polar surface area (TPSA) is 70.0 Å². The molecule has 0 radical (unpaired) electrons. The molecule has 0 fully saturated rings. The van der Waals surface area contributed by atoms with E-state index in [4.69, 9.17) is 14.9 Å². The maximum atomic E-state index is 11.1. The summed E-state index contributed by atoms with van der Waals surface area (Å²) in [6.07, 6.45) is 3.95. The van der Waals surface area contributed by atoms with Crippen LogP contribution in [0, 0.1) is 0 Å². The van der Waals surface area contributed by atoms with Gasteiger partial charge in [-0.1, -0.05) is 19.4 Å². The van der Waals surface area contributed by atoms with Gasteiger partial charge in [0.2, 0.25) is 0 Å². The lowest BCUT2D eigenvalue weighted by Crippen LogP contribution is -2.30. The minimum absolute atomic E-state index is 0.122. The van der Waals surface area contributed by atoms with Crippen LogP contribution in [-0.2, 0) is 9.53 Å². The summed E-state index contributed by atoms with van der Waals surface area (Å²) in [5.74, 6) is -0.322. The lowest BCUT2D eigenvalue weighted by Gasteiger charge is -2.19. The quantitative estimate of drug-likeness (QED) is 0.315. The number of nitrogens with zero attached hydrogens (tertiary/aromatic N) is 1. The van der Waals surface area contributed by atoms with Gasteiger partial charge in [0.05, 0.1) is 19.8 Å². The Morgan fingerprint density at radius 3 is 2.16 bits per heavy atom. The van der Waals surface area contributed by atoms with Crippen molar-refractivity contribution in [1.29, 1.82) is 0 Å². The van der Waals surface area contributed by atoms with E-state index in [0.29, 0.717) is 25.3 Å². The van der Waals surface area contributed by atoms with Crippen molar-refractivity contribution in [1.82, 2.24) is 4.90 Å². The number of aliphatic hydroxyl groups excluding tert-OH is 2. The van der Waals surface area contributed by atoms with E-state index < -0.39 is 0 Å². The van der Waals surface area contributed by atoms with E-state index in [1.165, 1.54) is 0 Å². The van der Waals surface area contributed by atoms with Crippen LogP contribution in [0.15, 0.2) is 12.2 Å². The molecule has 0 amide bonds. The first-order valence-corrected chi connectivity index (χ1v) is 6.88. The second-order valence-corrected chi connectivity index (χ2v) is 4.62. The molecule has 0 atom stereocenters. The highest BCUT2D eigenvalue weighted by Gasteiger charge is 2.04. The Bertz CT molecular complexity index is 250. The second-order valence-electron chi connectivity index (χ2n) is 4.62. The van der Waals surface area contributed by atoms with Crippen molar-refractivity contribution in [2.24, 2.45) is 0 Å². The summed E-state index contributed by atoms with van der Waals surface area (Å²) in [4.78, 5) is 13.1. The fourth-order valence-electron chi connectivity index (χ4n) is 1.70. The van der Waals surface area contributed by atoms with E-state index in [9.17, 15) is 4.79 Å². The number of rotatable bonds is 12. The minimum atomic E-state index is -0.322. The summed E-state index contributed by atoms with van der Waals surface area (Å²) in [7, 11) is 0. The standard InChI is InChI=1S/C14H27NO4/c1-13(2)14(18)19-12-6-4-3-5-7-15(8-10-16)9-11-17/h16-17H,1,3-12H2,2H3. The van der Waals surface area contributed by atoms with Gasteiger partial charge in [0.25, 0.3) is 0 Å². The fourth-order valence-corrected chi connectivity index (χ4v) is 1.70. The van der Waals surface area contributed by atoms with Crippen LogP contribution < -0.4 is 0 Å². The van der Waals surface area contributed by atoms with E-state index in [1.807, 2.05) is 4.90 Å². The zero-order chi connectivity index (χ0) is 14.5. The Hall–Kier alpha value is -0.910. The first-order valence-electron chi connectivity index (χ1n) is 6.88. The summed E-state index contributed by atoms with van der Waals surface area (Å²) in [6, 6.07) is 0. The predicted molar refractivity (Wildman–Crippen MR) is 74.9 cm³/mol. The lowest BCUT2D eigenvalue weighted by atomic mass is 10.2. The first kappa shape index (κ1) is 18.1. The molecule has 0 aromatic heterocycles. The smallest absolute Gasteiger partial charge is 0.333 e. The lowest BCUT2D eigenvalue weighted by molar-refractivity contribution is -0.139. The van der Waals surface area contributed by atoms with Crippen LogP contribution in [0.25, 0.3) is 0 Å². The van der Waals surface area contributed by atoms with Crippen molar-refractivity contribution in [3.05, 3.63) is 12.2 Å². The molecule has 0 aromatic carbocycles. The highest BCUT2D eigenvalue weighted by molar-refractivity contribution is 5.86. The molecule has 0 saturated carbocycles. The summed E-state index contributed by atoms with van der Waals surface area (Å²) in [5, 5.41) is 17.7. The normalized spacial score (nSPS) is 10.7. The molecule has 5 nitrogen and oxygen atoms in total. The van der Waals surface area contributed by atoms with Crippen LogP contribution in [0.5, 0.6) is 0 Å². The van der Waals surface area contributed by atoms with Crippen molar-refractivity contribution in [2.45, 2.75) is 32.6 Å². The summed E-state index contributed by atoms with van der Waals surface area (Å²) < 4.78 is 4.99. The third-order valence-corrected chi connectivity index (χ3v) is 2.78. The highest BCUT2D eigenvalue weighted by Crippen LogP contribution is 2.03. The van der Waals surface area contributed by atoms with Gasteiger partial charge in [-0.15, -0.1) is 0 Å². The van der Waals surface area contributed by atoms with Gasteiger partial charge in [-0.3, -0.25) is 4.90 Å². The van der Waals surface area contributed by atoms with Gasteiger partial charge in [0, 0.05) is 18.7 Å². The van der Waals surface area contributed by atoms with Gasteiger partial charge in [0.1, 0.15) is 0 Å². The third kappa shape index (κ3) is 10.7. The van der Waals surface area contributed by atoms with Crippen LogP contribution in [-0.4, -0.2) is 60.5 Å². The number of ether oxygens (including phenoxy) is 1. The number of unbranched alkanes of at least 4 members (excludes halogenated alkanes) is 3. The fraction of sp³-hybridized carbons (Fsp3) is 0.786. The Labute approximate surface area is 115 Å². The highest BCUT2D eigenvalue weighted by atomic mass is 16.5. The predicted octanol–water partition coefficient (Wildman–Crippen LogP) is 0.953. The largest absolute Gasteiger partial charge is 0.462 e. The number of hydrogen-bond acceptors (Lipinski definition) is 5. The molecule has 0 unspecified atom stereocenters. The van der Waals surface area contributed by atoms with Crippen molar-refractivity contribution in [2.75, 3.05) is 39.5 Å². The third-order valence-electron chi connectivity index (χ3n) is 2.78. The summed E-state index contributed by atoms with van der Waals surface area (Å²) >= 11 is 0. The maximum absolute atomic E-state index is 11.1. The van der Waals surface area contributed by atoms with Gasteiger partial charge in [0.15, 0.2) is 0 Å². The number of aliphatic hydroxyl groups is 2. The molecule has 0 bridgehead atoms. The zero-order valence-electron chi connectivity index (χ0n) is 11.9. The average Bonchev–Trinajstić information content (AvgIpc) is 2.37. The van der Waals surface area contributed by atoms with Crippen molar-refractivity contribution >= 4 is 5.97 Å². The van der Waals surface area contributed by atoms with Gasteiger partial charge in [-0.25, -0.2) is 4.79 Å². The van der Waals surface area contributed by atoms with Gasteiger partial charge < -0.3 is 14.9 Å². The van der Waals surface area contributed by atoms with Crippen LogP contribution in [0.3, 0.4) is 0 Å². The van der Waals surface area contributed by atoms with E-state index in [0.717, 1.165) is 32.2 Å². The molecule has 112 valence electrons. The molecule has 19 heavy (non-hydrogen) atoms. The molecule has 5 heteroatoms. The Kier molecular flexibility index (Phi) is 11.6. The van der Waals surface area contributed by atoms with Crippen LogP contribution >= 0.6 is 0 Å². The van der Waals surface area contributed by atoms with Gasteiger partial charge in [-0.05, 0) is 26.3 Å². The number of esters is 1. The number of hydrogen-bond donors (Lipinski definition) is 2. The van der Waals surface area contributed by atoms with Crippen molar-refractivity contribution in [3.8, 4) is 0 Å². The Balaban J connectivity index is 3.43. The minimum Gasteiger partial charge on any atom is -0.462 e. The Morgan fingerprint density at radius 1 is 1.05 bits per heavy atom. The molecule has 0 spiro atoms. The van der Waals surface area contributed by atoms with Crippen LogP contribution in [0.1, 0.15) is 32.6 Å². The molecule has 0 heterocycles. The SMILES string of the molecule is C=C(C)C(=O)OCCCCCCN(CCO)CCO. The molecule has 0 aliphatic rings. The average molecular weight is 273 g/mol. The van der Waals surface area contributed by atoms with E-state index >= 15 is 0 Å². The van der Waals surface area contributed by atoms with Gasteiger partial charge in [-0.2, -0.15) is 0 Å². The van der Waals surface area contributed by atoms with Crippen molar-refractivity contribution < 1.29 is 19.7 Å². The summed E-state index contributed by atoms with van der Waals surface area (Å²) in [6.45, 7) is 7.94. The van der Waals surface area contributed by atoms with E-state index in [2.05, 4.69) is 6.58 Å². The zero-order valence-corrected chi connectivity index (χ0v) is 11.9. The second kappa shape index (κ2) is 12.1. The van der Waals surface area contributed by atoms with Crippen LogP contribution in [0.2, 0.25) is 0 Å². The molecular weight excluding hydrogens is 246 g/mol. The molecule has 0 saturated heterocycles. The van der Waals surface area contributed by atoms with Gasteiger partial charge >= 0.3 is 5.97 Å². The monoisotopic (exact) mass is 273 g/mol. The molecular formula is C14H27NO4. The van der Waals surface area contributed by atoms with Crippen LogP contribution in [0.4, 0.5) is 0 Å². The number of carbonyl (C=O) groups excluding carboxylic acids is 1. The van der Waals surface area contributed by atoms with Crippen molar-refractivity contribution in [3.63, 3.8) is 0 Å². The molecule has 0 aliphatic heterocycles. The number of carbonyl (C=O) groups is 1. The Morgan fingerprint density at radius 2 is 1.63 bits per heavy atom. The molecule has 0 rings (SSSR count). The molecule has 0 aromatic rings. The maximum Gasteiger partial charge on any atom is 0.333 e. The summed E-state index contributed by atoms with van der Waals surface area (Å²) in [5.41, 5.74) is 0.434. The van der Waals surface area contributed by atoms with E-state index in [-0.39, 0.29) is 19.2 Å².